The summed E-state index contributed by atoms with van der Waals surface area (Å²) >= 11 is 0. The third kappa shape index (κ3) is 7.48. The number of nitrogens with zero attached hydrogens (tertiary/aromatic N) is 2. The fourth-order valence-electron chi connectivity index (χ4n) is 3.32. The van der Waals surface area contributed by atoms with E-state index in [4.69, 9.17) is 9.73 Å². The highest BCUT2D eigenvalue weighted by molar-refractivity contribution is 14.0. The molecule has 1 aromatic rings. The molecule has 1 aliphatic carbocycles. The molecule has 7 heteroatoms. The fraction of sp³-hybridized carbons (Fsp3) is 0.619. The van der Waals surface area contributed by atoms with Gasteiger partial charge in [0.25, 0.3) is 0 Å². The zero-order chi connectivity index (χ0) is 19.8. The fourth-order valence-corrected chi connectivity index (χ4v) is 3.32. The van der Waals surface area contributed by atoms with Crippen molar-refractivity contribution in [3.8, 4) is 5.75 Å². The van der Waals surface area contributed by atoms with Crippen molar-refractivity contribution in [3.05, 3.63) is 29.3 Å². The molecule has 0 saturated heterocycles. The molecule has 0 aliphatic heterocycles. The van der Waals surface area contributed by atoms with Crippen molar-refractivity contribution in [1.82, 2.24) is 15.5 Å². The molecule has 2 atom stereocenters. The van der Waals surface area contributed by atoms with E-state index in [0.717, 1.165) is 23.3 Å². The van der Waals surface area contributed by atoms with Crippen molar-refractivity contribution in [2.45, 2.75) is 52.1 Å². The van der Waals surface area contributed by atoms with Gasteiger partial charge in [0.05, 0.1) is 20.2 Å². The van der Waals surface area contributed by atoms with E-state index >= 15 is 0 Å². The molecule has 28 heavy (non-hydrogen) atoms. The van der Waals surface area contributed by atoms with Crippen LogP contribution in [0.1, 0.15) is 43.7 Å². The van der Waals surface area contributed by atoms with Crippen molar-refractivity contribution in [1.29, 1.82) is 0 Å². The lowest BCUT2D eigenvalue weighted by molar-refractivity contribution is -0.127. The molecule has 2 N–H and O–H groups in total. The summed E-state index contributed by atoms with van der Waals surface area (Å²) in [7, 11) is 5.20. The number of benzene rings is 1. The van der Waals surface area contributed by atoms with E-state index in [9.17, 15) is 4.79 Å². The molecule has 1 amide bonds. The van der Waals surface area contributed by atoms with Crippen LogP contribution in [0, 0.1) is 12.8 Å². The summed E-state index contributed by atoms with van der Waals surface area (Å²) in [5.41, 5.74) is 2.18. The van der Waals surface area contributed by atoms with E-state index in [0.29, 0.717) is 24.5 Å². The van der Waals surface area contributed by atoms with Crippen LogP contribution in [0.2, 0.25) is 0 Å². The first-order valence-corrected chi connectivity index (χ1v) is 9.79. The first kappa shape index (κ1) is 24.5. The molecular formula is C21H35IN4O2. The van der Waals surface area contributed by atoms with E-state index in [-0.39, 0.29) is 36.4 Å². The van der Waals surface area contributed by atoms with Crippen LogP contribution in [0.3, 0.4) is 0 Å². The minimum absolute atomic E-state index is 0. The maximum atomic E-state index is 12.0. The number of likely N-dealkylation sites (N-methyl/N-ethyl adjacent to an activating group) is 1. The summed E-state index contributed by atoms with van der Waals surface area (Å²) in [6, 6.07) is 6.51. The number of aryl methyl sites for hydroxylation is 1. The predicted molar refractivity (Wildman–Crippen MR) is 126 cm³/mol. The van der Waals surface area contributed by atoms with Crippen molar-refractivity contribution in [3.63, 3.8) is 0 Å². The molecule has 0 aromatic heterocycles. The number of carbonyl (C=O) groups is 1. The number of hydrogen-bond donors (Lipinski definition) is 2. The van der Waals surface area contributed by atoms with Gasteiger partial charge in [0.2, 0.25) is 5.91 Å². The maximum Gasteiger partial charge on any atom is 0.241 e. The Labute approximate surface area is 186 Å². The third-order valence-electron chi connectivity index (χ3n) is 5.19. The minimum atomic E-state index is 0. The quantitative estimate of drug-likeness (QED) is 0.356. The number of halogens is 1. The zero-order valence-corrected chi connectivity index (χ0v) is 20.1. The van der Waals surface area contributed by atoms with Gasteiger partial charge in [0.15, 0.2) is 5.96 Å². The summed E-state index contributed by atoms with van der Waals surface area (Å²) in [5.74, 6) is 2.15. The minimum Gasteiger partial charge on any atom is -0.496 e. The number of guanidine groups is 1. The van der Waals surface area contributed by atoms with E-state index < -0.39 is 0 Å². The topological polar surface area (TPSA) is 66.0 Å². The number of hydrogen-bond acceptors (Lipinski definition) is 3. The number of methoxy groups -OCH3 is 1. The second-order valence-electron chi connectivity index (χ2n) is 7.63. The Kier molecular flexibility index (Phi) is 10.6. The van der Waals surface area contributed by atoms with Crippen LogP contribution in [0.5, 0.6) is 5.75 Å². The van der Waals surface area contributed by atoms with Gasteiger partial charge in [-0.05, 0) is 37.3 Å². The van der Waals surface area contributed by atoms with Crippen LogP contribution in [-0.2, 0) is 11.3 Å². The number of rotatable bonds is 6. The lowest BCUT2D eigenvalue weighted by Gasteiger charge is -2.31. The second kappa shape index (κ2) is 12.1. The zero-order valence-electron chi connectivity index (χ0n) is 17.7. The van der Waals surface area contributed by atoms with Gasteiger partial charge in [-0.15, -0.1) is 24.0 Å². The highest BCUT2D eigenvalue weighted by Crippen LogP contribution is 2.24. The Morgan fingerprint density at radius 2 is 2.00 bits per heavy atom. The molecule has 158 valence electrons. The number of ether oxygens (including phenoxy) is 1. The largest absolute Gasteiger partial charge is 0.496 e. The average molecular weight is 502 g/mol. The third-order valence-corrected chi connectivity index (χ3v) is 5.19. The van der Waals surface area contributed by atoms with Crippen LogP contribution in [0.4, 0.5) is 0 Å². The van der Waals surface area contributed by atoms with Gasteiger partial charge < -0.3 is 20.3 Å². The molecule has 2 unspecified atom stereocenters. The van der Waals surface area contributed by atoms with Gasteiger partial charge in [0, 0.05) is 25.7 Å². The van der Waals surface area contributed by atoms with Crippen molar-refractivity contribution in [2.75, 3.05) is 27.7 Å². The average Bonchev–Trinajstić information content (AvgIpc) is 2.65. The molecular weight excluding hydrogens is 467 g/mol. The Hall–Kier alpha value is -1.51. The van der Waals surface area contributed by atoms with Crippen LogP contribution < -0.4 is 15.4 Å². The standard InChI is InChI=1S/C21H34N4O2.HI/c1-15-10-11-17(19(12-15)27-5)13-22-21(23-14-20(26)25(3)4)24-18-9-7-6-8-16(18)2;/h10-12,16,18H,6-9,13-14H2,1-5H3,(H2,22,23,24);1H. The van der Waals surface area contributed by atoms with E-state index in [2.05, 4.69) is 23.6 Å². The molecule has 1 saturated carbocycles. The molecule has 0 bridgehead atoms. The lowest BCUT2D eigenvalue weighted by atomic mass is 9.86. The van der Waals surface area contributed by atoms with E-state index in [1.807, 2.05) is 19.1 Å². The summed E-state index contributed by atoms with van der Waals surface area (Å²) in [5, 5.41) is 6.74. The van der Waals surface area contributed by atoms with Crippen LogP contribution in [0.25, 0.3) is 0 Å². The molecule has 0 radical (unpaired) electrons. The Morgan fingerprint density at radius 1 is 1.29 bits per heavy atom. The first-order valence-electron chi connectivity index (χ1n) is 9.79. The number of carbonyl (C=O) groups excluding carboxylic acids is 1. The molecule has 2 rings (SSSR count). The van der Waals surface area contributed by atoms with Crippen molar-refractivity contribution < 1.29 is 9.53 Å². The highest BCUT2D eigenvalue weighted by Gasteiger charge is 2.22. The van der Waals surface area contributed by atoms with E-state index in [1.54, 1.807) is 26.1 Å². The molecule has 0 heterocycles. The Morgan fingerprint density at radius 3 is 2.64 bits per heavy atom. The summed E-state index contributed by atoms with van der Waals surface area (Å²) in [6.07, 6.45) is 4.89. The molecule has 1 fully saturated rings. The summed E-state index contributed by atoms with van der Waals surface area (Å²) in [6.45, 7) is 5.05. The monoisotopic (exact) mass is 502 g/mol. The van der Waals surface area contributed by atoms with Gasteiger partial charge in [0.1, 0.15) is 5.75 Å². The summed E-state index contributed by atoms with van der Waals surface area (Å²) < 4.78 is 5.48. The molecule has 1 aliphatic rings. The Bertz CT molecular complexity index is 664. The first-order chi connectivity index (χ1) is 12.9. The Balaban J connectivity index is 0.00000392. The maximum absolute atomic E-state index is 12.0. The lowest BCUT2D eigenvalue weighted by Crippen LogP contribution is -2.49. The normalized spacial score (nSPS) is 19.4. The van der Waals surface area contributed by atoms with Gasteiger partial charge in [-0.3, -0.25) is 4.79 Å². The van der Waals surface area contributed by atoms with Gasteiger partial charge in [-0.25, -0.2) is 4.99 Å². The number of nitrogens with one attached hydrogen (secondary N) is 2. The number of aliphatic imine (C=N–C) groups is 1. The summed E-state index contributed by atoms with van der Waals surface area (Å²) in [4.78, 5) is 18.3. The molecule has 0 spiro atoms. The van der Waals surface area contributed by atoms with Crippen LogP contribution in [-0.4, -0.2) is 50.6 Å². The van der Waals surface area contributed by atoms with Gasteiger partial charge >= 0.3 is 0 Å². The number of amides is 1. The van der Waals surface area contributed by atoms with E-state index in [1.165, 1.54) is 19.3 Å². The SMILES string of the molecule is COc1cc(C)ccc1CN=C(NCC(=O)N(C)C)NC1CCCCC1C.I. The highest BCUT2D eigenvalue weighted by atomic mass is 127. The van der Waals surface area contributed by atoms with Gasteiger partial charge in [-0.1, -0.05) is 31.9 Å². The smallest absolute Gasteiger partial charge is 0.241 e. The van der Waals surface area contributed by atoms with Crippen LogP contribution >= 0.6 is 24.0 Å². The van der Waals surface area contributed by atoms with Crippen molar-refractivity contribution in [2.24, 2.45) is 10.9 Å². The predicted octanol–water partition coefficient (Wildman–Crippen LogP) is 3.32. The van der Waals surface area contributed by atoms with Crippen LogP contribution in [0.15, 0.2) is 23.2 Å². The second-order valence-corrected chi connectivity index (χ2v) is 7.63. The van der Waals surface area contributed by atoms with Crippen molar-refractivity contribution >= 4 is 35.8 Å². The molecule has 1 aromatic carbocycles. The van der Waals surface area contributed by atoms with Gasteiger partial charge in [-0.2, -0.15) is 0 Å². The molecule has 6 nitrogen and oxygen atoms in total.